The molecule has 1 aromatic heterocycles. The third-order valence-electron chi connectivity index (χ3n) is 4.84. The molecule has 1 amide bonds. The third-order valence-corrected chi connectivity index (χ3v) is 4.84. The van der Waals surface area contributed by atoms with Crippen molar-refractivity contribution in [2.24, 2.45) is 0 Å². The number of aromatic nitrogens is 1. The van der Waals surface area contributed by atoms with Crippen LogP contribution in [0, 0.1) is 0 Å². The van der Waals surface area contributed by atoms with Crippen LogP contribution in [0.3, 0.4) is 0 Å². The molecule has 0 aliphatic carbocycles. The second-order valence-corrected chi connectivity index (χ2v) is 6.41. The Labute approximate surface area is 152 Å². The fourth-order valence-electron chi connectivity index (χ4n) is 3.43. The number of piperazine rings is 1. The number of methoxy groups -OCH3 is 1. The van der Waals surface area contributed by atoms with Crippen molar-refractivity contribution in [3.8, 4) is 5.75 Å². The monoisotopic (exact) mass is 347 g/mol. The van der Waals surface area contributed by atoms with Crippen LogP contribution in [0.4, 0.5) is 0 Å². The van der Waals surface area contributed by atoms with E-state index in [4.69, 9.17) is 4.74 Å². The molecule has 0 bridgehead atoms. The van der Waals surface area contributed by atoms with E-state index in [2.05, 4.69) is 10.3 Å². The number of ether oxygens (including phenoxy) is 1. The summed E-state index contributed by atoms with van der Waals surface area (Å²) in [6, 6.07) is 17.7. The minimum Gasteiger partial charge on any atom is -0.497 e. The summed E-state index contributed by atoms with van der Waals surface area (Å²) in [5.74, 6) is 0.833. The maximum absolute atomic E-state index is 13.2. The Bertz CT molecular complexity index is 924. The first kappa shape index (κ1) is 16.5. The molecule has 0 spiro atoms. The van der Waals surface area contributed by atoms with Crippen LogP contribution in [-0.4, -0.2) is 42.5 Å². The Morgan fingerprint density at radius 3 is 2.81 bits per heavy atom. The standard InChI is InChI=1S/C21H21N3O2/c1-26-18-8-6-15(7-9-18)20-14-22-10-11-24(20)21(25)17-12-16-4-2-3-5-19(16)23-13-17/h2-9,12-13,20,22H,10-11,14H2,1H3. The third kappa shape index (κ3) is 3.13. The number of nitrogens with zero attached hydrogens (tertiary/aromatic N) is 2. The van der Waals surface area contributed by atoms with Gasteiger partial charge in [-0.25, -0.2) is 0 Å². The van der Waals surface area contributed by atoms with E-state index < -0.39 is 0 Å². The number of fused-ring (bicyclic) bond motifs is 1. The summed E-state index contributed by atoms with van der Waals surface area (Å²) in [6.07, 6.45) is 1.68. The number of nitrogens with one attached hydrogen (secondary N) is 1. The Hall–Kier alpha value is -2.92. The van der Waals surface area contributed by atoms with Crippen molar-refractivity contribution >= 4 is 16.8 Å². The predicted molar refractivity (Wildman–Crippen MR) is 101 cm³/mol. The lowest BCUT2D eigenvalue weighted by Crippen LogP contribution is -2.48. The van der Waals surface area contributed by atoms with Gasteiger partial charge in [-0.15, -0.1) is 0 Å². The minimum atomic E-state index is -0.00590. The van der Waals surface area contributed by atoms with Gasteiger partial charge in [-0.05, 0) is 29.8 Å². The van der Waals surface area contributed by atoms with Gasteiger partial charge in [0.05, 0.1) is 24.2 Å². The highest BCUT2D eigenvalue weighted by Crippen LogP contribution is 2.26. The number of pyridine rings is 1. The van der Waals surface area contributed by atoms with Crippen molar-refractivity contribution in [3.63, 3.8) is 0 Å². The lowest BCUT2D eigenvalue weighted by atomic mass is 10.0. The molecule has 2 aromatic carbocycles. The first-order chi connectivity index (χ1) is 12.8. The van der Waals surface area contributed by atoms with Crippen LogP contribution in [0.2, 0.25) is 0 Å². The van der Waals surface area contributed by atoms with E-state index in [1.165, 1.54) is 0 Å². The molecular weight excluding hydrogens is 326 g/mol. The van der Waals surface area contributed by atoms with Crippen molar-refractivity contribution in [1.82, 2.24) is 15.2 Å². The Kier molecular flexibility index (Phi) is 4.54. The highest BCUT2D eigenvalue weighted by Gasteiger charge is 2.28. The summed E-state index contributed by atoms with van der Waals surface area (Å²) in [6.45, 7) is 2.20. The molecule has 2 heterocycles. The SMILES string of the molecule is COc1ccc(C2CNCCN2C(=O)c2cnc3ccccc3c2)cc1. The van der Waals surface area contributed by atoms with Gasteiger partial charge in [0.15, 0.2) is 0 Å². The second-order valence-electron chi connectivity index (χ2n) is 6.41. The van der Waals surface area contributed by atoms with E-state index in [9.17, 15) is 4.79 Å². The van der Waals surface area contributed by atoms with Crippen molar-refractivity contribution in [2.45, 2.75) is 6.04 Å². The minimum absolute atomic E-state index is 0.00590. The highest BCUT2D eigenvalue weighted by atomic mass is 16.5. The number of rotatable bonds is 3. The summed E-state index contributed by atoms with van der Waals surface area (Å²) >= 11 is 0. The molecule has 1 N–H and O–H groups in total. The molecular formula is C21H21N3O2. The second kappa shape index (κ2) is 7.14. The molecule has 132 valence electrons. The molecule has 1 aliphatic heterocycles. The summed E-state index contributed by atoms with van der Waals surface area (Å²) in [5, 5.41) is 4.37. The molecule has 5 nitrogen and oxygen atoms in total. The van der Waals surface area contributed by atoms with Gasteiger partial charge in [0.1, 0.15) is 5.75 Å². The zero-order chi connectivity index (χ0) is 17.9. The molecule has 0 saturated carbocycles. The van der Waals surface area contributed by atoms with Crippen LogP contribution in [0.15, 0.2) is 60.8 Å². The van der Waals surface area contributed by atoms with Gasteiger partial charge in [0.25, 0.3) is 5.91 Å². The number of para-hydroxylation sites is 1. The largest absolute Gasteiger partial charge is 0.497 e. The van der Waals surface area contributed by atoms with E-state index in [-0.39, 0.29) is 11.9 Å². The first-order valence-electron chi connectivity index (χ1n) is 8.77. The highest BCUT2D eigenvalue weighted by molar-refractivity contribution is 5.97. The van der Waals surface area contributed by atoms with Crippen LogP contribution < -0.4 is 10.1 Å². The average Bonchev–Trinajstić information content (AvgIpc) is 2.73. The number of carbonyl (C=O) groups is 1. The lowest BCUT2D eigenvalue weighted by Gasteiger charge is -2.36. The fraction of sp³-hybridized carbons (Fsp3) is 0.238. The molecule has 5 heteroatoms. The molecule has 1 aliphatic rings. The van der Waals surface area contributed by atoms with E-state index in [0.29, 0.717) is 12.1 Å². The van der Waals surface area contributed by atoms with E-state index >= 15 is 0 Å². The van der Waals surface area contributed by atoms with Gasteiger partial charge in [0.2, 0.25) is 0 Å². The van der Waals surface area contributed by atoms with Gasteiger partial charge in [0, 0.05) is 31.2 Å². The van der Waals surface area contributed by atoms with E-state index in [1.807, 2.05) is 59.5 Å². The summed E-state index contributed by atoms with van der Waals surface area (Å²) in [4.78, 5) is 19.6. The summed E-state index contributed by atoms with van der Waals surface area (Å²) in [7, 11) is 1.65. The average molecular weight is 347 g/mol. The smallest absolute Gasteiger partial charge is 0.256 e. The van der Waals surface area contributed by atoms with Crippen molar-refractivity contribution in [2.75, 3.05) is 26.7 Å². The Morgan fingerprint density at radius 2 is 2.00 bits per heavy atom. The maximum Gasteiger partial charge on any atom is 0.256 e. The maximum atomic E-state index is 13.2. The molecule has 0 radical (unpaired) electrons. The van der Waals surface area contributed by atoms with Crippen molar-refractivity contribution < 1.29 is 9.53 Å². The van der Waals surface area contributed by atoms with Crippen LogP contribution in [0.1, 0.15) is 22.0 Å². The molecule has 4 rings (SSSR count). The number of benzene rings is 2. The van der Waals surface area contributed by atoms with Crippen molar-refractivity contribution in [1.29, 1.82) is 0 Å². The predicted octanol–water partition coefficient (Wildman–Crippen LogP) is 3.03. The van der Waals surface area contributed by atoms with E-state index in [0.717, 1.165) is 35.3 Å². The molecule has 1 unspecified atom stereocenters. The summed E-state index contributed by atoms with van der Waals surface area (Å²) in [5.41, 5.74) is 2.63. The molecule has 26 heavy (non-hydrogen) atoms. The lowest BCUT2D eigenvalue weighted by molar-refractivity contribution is 0.0634. The number of carbonyl (C=O) groups excluding carboxylic acids is 1. The first-order valence-corrected chi connectivity index (χ1v) is 8.77. The van der Waals surface area contributed by atoms with Crippen molar-refractivity contribution in [3.05, 3.63) is 71.9 Å². The topological polar surface area (TPSA) is 54.5 Å². The molecule has 3 aromatic rings. The number of hydrogen-bond donors (Lipinski definition) is 1. The Morgan fingerprint density at radius 1 is 1.19 bits per heavy atom. The molecule has 1 fully saturated rings. The van der Waals surface area contributed by atoms with Gasteiger partial charge >= 0.3 is 0 Å². The van der Waals surface area contributed by atoms with Gasteiger partial charge in [-0.1, -0.05) is 30.3 Å². The number of hydrogen-bond acceptors (Lipinski definition) is 4. The van der Waals surface area contributed by atoms with Crippen LogP contribution in [0.25, 0.3) is 10.9 Å². The number of amides is 1. The van der Waals surface area contributed by atoms with Crippen LogP contribution in [-0.2, 0) is 0 Å². The zero-order valence-corrected chi connectivity index (χ0v) is 14.7. The van der Waals surface area contributed by atoms with E-state index in [1.54, 1.807) is 13.3 Å². The molecule has 1 atom stereocenters. The molecule has 1 saturated heterocycles. The van der Waals surface area contributed by atoms with Gasteiger partial charge in [-0.2, -0.15) is 0 Å². The van der Waals surface area contributed by atoms with Crippen LogP contribution >= 0.6 is 0 Å². The zero-order valence-electron chi connectivity index (χ0n) is 14.7. The van der Waals surface area contributed by atoms with Gasteiger partial charge in [-0.3, -0.25) is 9.78 Å². The quantitative estimate of drug-likeness (QED) is 0.791. The fourth-order valence-corrected chi connectivity index (χ4v) is 3.43. The summed E-state index contributed by atoms with van der Waals surface area (Å²) < 4.78 is 5.24. The van der Waals surface area contributed by atoms with Gasteiger partial charge < -0.3 is 15.0 Å². The normalized spacial score (nSPS) is 17.3. The van der Waals surface area contributed by atoms with Crippen LogP contribution in [0.5, 0.6) is 5.75 Å². The Balaban J connectivity index is 1.64.